The van der Waals surface area contributed by atoms with Gasteiger partial charge in [0.25, 0.3) is 5.91 Å². The fourth-order valence-electron chi connectivity index (χ4n) is 3.50. The lowest BCUT2D eigenvalue weighted by molar-refractivity contribution is 0.0690. The minimum absolute atomic E-state index is 0.137. The first-order valence-corrected chi connectivity index (χ1v) is 8.09. The third-order valence-electron chi connectivity index (χ3n) is 4.38. The van der Waals surface area contributed by atoms with Crippen molar-refractivity contribution in [3.05, 3.63) is 33.3 Å². The van der Waals surface area contributed by atoms with Crippen LogP contribution in [0.4, 0.5) is 0 Å². The zero-order valence-corrected chi connectivity index (χ0v) is 13.1. The second-order valence-corrected chi connectivity index (χ2v) is 6.91. The lowest BCUT2D eigenvalue weighted by Gasteiger charge is -2.31. The smallest absolute Gasteiger partial charge is 0.254 e. The van der Waals surface area contributed by atoms with Gasteiger partial charge in [-0.2, -0.15) is 0 Å². The Morgan fingerprint density at radius 1 is 1.21 bits per heavy atom. The predicted molar refractivity (Wildman–Crippen MR) is 80.6 cm³/mol. The highest BCUT2D eigenvalue weighted by atomic mass is 79.9. The van der Waals surface area contributed by atoms with E-state index in [1.807, 2.05) is 12.1 Å². The zero-order valence-electron chi connectivity index (χ0n) is 10.7. The predicted octanol–water partition coefficient (Wildman–Crippen LogP) is 4.51. The Kier molecular flexibility index (Phi) is 3.86. The Hall–Kier alpha value is -0.540. The van der Waals surface area contributed by atoms with Crippen molar-refractivity contribution < 1.29 is 4.79 Å². The molecular weight excluding hydrogens is 326 g/mol. The average molecular weight is 343 g/mol. The van der Waals surface area contributed by atoms with Crippen molar-refractivity contribution >= 4 is 33.4 Å². The third kappa shape index (κ3) is 2.68. The van der Waals surface area contributed by atoms with E-state index in [1.54, 1.807) is 6.07 Å². The fourth-order valence-corrected chi connectivity index (χ4v) is 4.36. The number of hydrogen-bond donors (Lipinski definition) is 0. The van der Waals surface area contributed by atoms with E-state index in [0.717, 1.165) is 29.8 Å². The monoisotopic (exact) mass is 341 g/mol. The van der Waals surface area contributed by atoms with Gasteiger partial charge in [0.2, 0.25) is 0 Å². The molecule has 0 bridgehead atoms. The topological polar surface area (TPSA) is 20.3 Å². The molecule has 102 valence electrons. The molecule has 2 unspecified atom stereocenters. The van der Waals surface area contributed by atoms with Gasteiger partial charge in [-0.1, -0.05) is 40.4 Å². The molecule has 1 aliphatic carbocycles. The van der Waals surface area contributed by atoms with Crippen molar-refractivity contribution in [3.8, 4) is 0 Å². The molecule has 0 spiro atoms. The Bertz CT molecular complexity index is 485. The minimum atomic E-state index is 0.137. The van der Waals surface area contributed by atoms with Crippen molar-refractivity contribution in [2.24, 2.45) is 5.92 Å². The van der Waals surface area contributed by atoms with Crippen LogP contribution in [-0.4, -0.2) is 23.4 Å². The molecule has 1 saturated heterocycles. The first kappa shape index (κ1) is 13.4. The molecule has 1 heterocycles. The van der Waals surface area contributed by atoms with Crippen molar-refractivity contribution in [2.75, 3.05) is 6.54 Å². The average Bonchev–Trinajstić information content (AvgIpc) is 2.80. The van der Waals surface area contributed by atoms with Crippen LogP contribution in [0.3, 0.4) is 0 Å². The van der Waals surface area contributed by atoms with Gasteiger partial charge in [-0.15, -0.1) is 0 Å². The zero-order chi connectivity index (χ0) is 13.4. The maximum absolute atomic E-state index is 12.7. The highest BCUT2D eigenvalue weighted by molar-refractivity contribution is 9.10. The molecular formula is C15H17BrClNO. The van der Waals surface area contributed by atoms with Crippen molar-refractivity contribution in [3.63, 3.8) is 0 Å². The molecule has 0 radical (unpaired) electrons. The Morgan fingerprint density at radius 3 is 2.79 bits per heavy atom. The van der Waals surface area contributed by atoms with E-state index in [1.165, 1.54) is 19.3 Å². The fraction of sp³-hybridized carbons (Fsp3) is 0.533. The van der Waals surface area contributed by atoms with Crippen LogP contribution in [-0.2, 0) is 0 Å². The van der Waals surface area contributed by atoms with E-state index in [0.29, 0.717) is 16.6 Å². The summed E-state index contributed by atoms with van der Waals surface area (Å²) in [5.41, 5.74) is 0.700. The summed E-state index contributed by atoms with van der Waals surface area (Å²) < 4.78 is 0.864. The first-order chi connectivity index (χ1) is 9.15. The van der Waals surface area contributed by atoms with Crippen LogP contribution in [0, 0.1) is 5.92 Å². The molecule has 0 aromatic heterocycles. The molecule has 1 aromatic rings. The van der Waals surface area contributed by atoms with E-state index < -0.39 is 0 Å². The molecule has 1 aromatic carbocycles. The number of amides is 1. The lowest BCUT2D eigenvalue weighted by Crippen LogP contribution is -2.39. The van der Waals surface area contributed by atoms with Crippen molar-refractivity contribution in [1.29, 1.82) is 0 Å². The number of carbonyl (C=O) groups excluding carboxylic acids is 1. The Morgan fingerprint density at radius 2 is 2.00 bits per heavy atom. The number of rotatable bonds is 1. The van der Waals surface area contributed by atoms with Crippen LogP contribution in [0.5, 0.6) is 0 Å². The summed E-state index contributed by atoms with van der Waals surface area (Å²) in [6, 6.07) is 5.90. The van der Waals surface area contributed by atoms with Crippen LogP contribution in [0.15, 0.2) is 22.7 Å². The van der Waals surface area contributed by atoms with Gasteiger partial charge < -0.3 is 4.90 Å². The Balaban J connectivity index is 1.83. The van der Waals surface area contributed by atoms with Crippen molar-refractivity contribution in [1.82, 2.24) is 4.90 Å². The van der Waals surface area contributed by atoms with E-state index >= 15 is 0 Å². The number of likely N-dealkylation sites (tertiary alicyclic amines) is 1. The molecule has 1 aliphatic heterocycles. The lowest BCUT2D eigenvalue weighted by atomic mass is 9.85. The second kappa shape index (κ2) is 5.45. The van der Waals surface area contributed by atoms with Crippen LogP contribution in [0.25, 0.3) is 0 Å². The molecule has 2 aliphatic rings. The molecule has 2 fully saturated rings. The van der Waals surface area contributed by atoms with Crippen LogP contribution in [0.2, 0.25) is 5.02 Å². The van der Waals surface area contributed by atoms with Crippen molar-refractivity contribution in [2.45, 2.75) is 38.1 Å². The van der Waals surface area contributed by atoms with Gasteiger partial charge in [0.05, 0.1) is 0 Å². The second-order valence-electron chi connectivity index (χ2n) is 5.56. The summed E-state index contributed by atoms with van der Waals surface area (Å²) in [5, 5.41) is 0.608. The molecule has 1 saturated carbocycles. The normalized spacial score (nSPS) is 26.3. The maximum Gasteiger partial charge on any atom is 0.254 e. The summed E-state index contributed by atoms with van der Waals surface area (Å²) in [5.74, 6) is 0.859. The van der Waals surface area contributed by atoms with Gasteiger partial charge in [-0.25, -0.2) is 0 Å². The quantitative estimate of drug-likeness (QED) is 0.735. The van der Waals surface area contributed by atoms with Gasteiger partial charge >= 0.3 is 0 Å². The molecule has 3 rings (SSSR count). The van der Waals surface area contributed by atoms with E-state index in [-0.39, 0.29) is 5.91 Å². The first-order valence-electron chi connectivity index (χ1n) is 6.92. The molecule has 2 nitrogen and oxygen atoms in total. The summed E-state index contributed by atoms with van der Waals surface area (Å²) in [4.78, 5) is 14.7. The van der Waals surface area contributed by atoms with E-state index in [9.17, 15) is 4.79 Å². The molecule has 2 atom stereocenters. The van der Waals surface area contributed by atoms with Gasteiger partial charge in [0.1, 0.15) is 0 Å². The largest absolute Gasteiger partial charge is 0.335 e. The van der Waals surface area contributed by atoms with Gasteiger partial charge in [0.15, 0.2) is 0 Å². The maximum atomic E-state index is 12.7. The summed E-state index contributed by atoms with van der Waals surface area (Å²) in [6.07, 6.45) is 6.19. The molecule has 4 heteroatoms. The van der Waals surface area contributed by atoms with E-state index in [4.69, 9.17) is 11.6 Å². The number of carbonyl (C=O) groups is 1. The number of hydrogen-bond acceptors (Lipinski definition) is 1. The van der Waals surface area contributed by atoms with Crippen LogP contribution in [0.1, 0.15) is 42.5 Å². The summed E-state index contributed by atoms with van der Waals surface area (Å²) >= 11 is 9.44. The SMILES string of the molecule is O=C(c1cc(Cl)cc(Br)c1)N1CCC2CCCCC21. The number of halogens is 2. The number of fused-ring (bicyclic) bond motifs is 1. The Labute approximate surface area is 127 Å². The van der Waals surface area contributed by atoms with Gasteiger partial charge in [-0.05, 0) is 43.4 Å². The number of nitrogens with zero attached hydrogens (tertiary/aromatic N) is 1. The molecule has 1 amide bonds. The van der Waals surface area contributed by atoms with E-state index in [2.05, 4.69) is 20.8 Å². The summed E-state index contributed by atoms with van der Waals surface area (Å²) in [6.45, 7) is 0.901. The highest BCUT2D eigenvalue weighted by Crippen LogP contribution is 2.37. The van der Waals surface area contributed by atoms with Gasteiger partial charge in [-0.3, -0.25) is 4.79 Å². The molecule has 0 N–H and O–H groups in total. The van der Waals surface area contributed by atoms with Crippen LogP contribution >= 0.6 is 27.5 Å². The highest BCUT2D eigenvalue weighted by Gasteiger charge is 2.38. The van der Waals surface area contributed by atoms with Gasteiger partial charge in [0, 0.05) is 27.6 Å². The third-order valence-corrected chi connectivity index (χ3v) is 5.06. The standard InChI is InChI=1S/C15H17BrClNO/c16-12-7-11(8-13(17)9-12)15(19)18-6-5-10-3-1-2-4-14(10)18/h7-10,14H,1-6H2. The minimum Gasteiger partial charge on any atom is -0.335 e. The number of benzene rings is 1. The summed E-state index contributed by atoms with van der Waals surface area (Å²) in [7, 11) is 0. The molecule has 19 heavy (non-hydrogen) atoms. The van der Waals surface area contributed by atoms with Crippen LogP contribution < -0.4 is 0 Å².